The molecule has 124 valence electrons. The summed E-state index contributed by atoms with van der Waals surface area (Å²) in [6, 6.07) is -0.252. The van der Waals surface area contributed by atoms with E-state index in [-0.39, 0.29) is 17.7 Å². The first-order chi connectivity index (χ1) is 9.74. The second kappa shape index (κ2) is 8.13. The predicted octanol–water partition coefficient (Wildman–Crippen LogP) is 1.29. The number of nitrogens with one attached hydrogen (secondary N) is 1. The molecule has 0 spiro atoms. The second-order valence-corrected chi connectivity index (χ2v) is 8.57. The average molecular weight is 318 g/mol. The van der Waals surface area contributed by atoms with Gasteiger partial charge in [-0.2, -0.15) is 0 Å². The summed E-state index contributed by atoms with van der Waals surface area (Å²) < 4.78 is 22.8. The van der Waals surface area contributed by atoms with E-state index in [4.69, 9.17) is 0 Å². The Bertz CT molecular complexity index is 430. The van der Waals surface area contributed by atoms with Crippen LogP contribution in [0.1, 0.15) is 40.0 Å². The maximum absolute atomic E-state index is 12.5. The van der Waals surface area contributed by atoms with Gasteiger partial charge in [-0.25, -0.2) is 8.42 Å². The Morgan fingerprint density at radius 2 is 1.86 bits per heavy atom. The van der Waals surface area contributed by atoms with Crippen LogP contribution >= 0.6 is 0 Å². The molecule has 0 radical (unpaired) electrons. The average Bonchev–Trinajstić information content (AvgIpc) is 2.38. The van der Waals surface area contributed by atoms with Crippen molar-refractivity contribution in [2.75, 3.05) is 31.6 Å². The summed E-state index contributed by atoms with van der Waals surface area (Å²) in [5.74, 6) is 1.08. The maximum Gasteiger partial charge on any atom is 0.223 e. The fourth-order valence-electron chi connectivity index (χ4n) is 3.23. The molecule has 0 aliphatic carbocycles. The molecule has 1 heterocycles. The summed E-state index contributed by atoms with van der Waals surface area (Å²) in [6.45, 7) is 8.50. The second-order valence-electron chi connectivity index (χ2n) is 6.39. The van der Waals surface area contributed by atoms with E-state index in [2.05, 4.69) is 12.2 Å². The molecule has 1 rings (SSSR count). The lowest BCUT2D eigenvalue weighted by molar-refractivity contribution is -0.133. The molecule has 0 bridgehead atoms. The van der Waals surface area contributed by atoms with E-state index in [1.165, 1.54) is 6.26 Å². The Morgan fingerprint density at radius 3 is 2.33 bits per heavy atom. The van der Waals surface area contributed by atoms with Gasteiger partial charge in [0.15, 0.2) is 0 Å². The zero-order valence-electron chi connectivity index (χ0n) is 13.8. The predicted molar refractivity (Wildman–Crippen MR) is 85.9 cm³/mol. The van der Waals surface area contributed by atoms with Gasteiger partial charge in [0.25, 0.3) is 0 Å². The topological polar surface area (TPSA) is 66.5 Å². The van der Waals surface area contributed by atoms with Gasteiger partial charge in [-0.3, -0.25) is 4.79 Å². The minimum atomic E-state index is -3.06. The van der Waals surface area contributed by atoms with Gasteiger partial charge >= 0.3 is 0 Å². The first-order valence-corrected chi connectivity index (χ1v) is 9.98. The lowest BCUT2D eigenvalue weighted by atomic mass is 9.84. The molecule has 21 heavy (non-hydrogen) atoms. The molecular weight excluding hydrogens is 288 g/mol. The van der Waals surface area contributed by atoms with E-state index in [0.29, 0.717) is 24.8 Å². The lowest BCUT2D eigenvalue weighted by Gasteiger charge is -2.32. The molecule has 1 fully saturated rings. The van der Waals surface area contributed by atoms with Gasteiger partial charge in [-0.05, 0) is 51.6 Å². The maximum atomic E-state index is 12.5. The lowest BCUT2D eigenvalue weighted by Crippen LogP contribution is -2.43. The van der Waals surface area contributed by atoms with E-state index in [1.54, 1.807) is 4.90 Å². The molecule has 1 aliphatic heterocycles. The Hall–Kier alpha value is -0.620. The van der Waals surface area contributed by atoms with Crippen LogP contribution in [0, 0.1) is 11.8 Å². The van der Waals surface area contributed by atoms with Gasteiger partial charge < -0.3 is 10.2 Å². The van der Waals surface area contributed by atoms with Crippen LogP contribution in [0.2, 0.25) is 0 Å². The third kappa shape index (κ3) is 6.34. The normalized spacial score (nSPS) is 20.0. The first kappa shape index (κ1) is 18.4. The van der Waals surface area contributed by atoms with Gasteiger partial charge in [0.2, 0.25) is 5.91 Å². The van der Waals surface area contributed by atoms with Crippen molar-refractivity contribution in [3.63, 3.8) is 0 Å². The minimum Gasteiger partial charge on any atom is -0.339 e. The molecule has 0 saturated carbocycles. The molecule has 2 atom stereocenters. The highest BCUT2D eigenvalue weighted by atomic mass is 32.2. The van der Waals surface area contributed by atoms with Gasteiger partial charge in [0, 0.05) is 25.3 Å². The summed E-state index contributed by atoms with van der Waals surface area (Å²) >= 11 is 0. The van der Waals surface area contributed by atoms with Crippen molar-refractivity contribution >= 4 is 15.7 Å². The molecule has 1 saturated heterocycles. The summed E-state index contributed by atoms with van der Waals surface area (Å²) in [5, 5.41) is 3.34. The highest BCUT2D eigenvalue weighted by molar-refractivity contribution is 7.90. The summed E-state index contributed by atoms with van der Waals surface area (Å²) in [6.07, 6.45) is 3.99. The van der Waals surface area contributed by atoms with Gasteiger partial charge in [-0.15, -0.1) is 0 Å². The van der Waals surface area contributed by atoms with Crippen molar-refractivity contribution in [2.45, 2.75) is 46.1 Å². The molecule has 0 aromatic rings. The number of amides is 1. The van der Waals surface area contributed by atoms with Crippen LogP contribution in [-0.4, -0.2) is 56.9 Å². The van der Waals surface area contributed by atoms with E-state index in [9.17, 15) is 13.2 Å². The van der Waals surface area contributed by atoms with Crippen LogP contribution in [0.15, 0.2) is 0 Å². The number of nitrogens with zero attached hydrogens (tertiary/aromatic N) is 1. The van der Waals surface area contributed by atoms with Gasteiger partial charge in [0.1, 0.15) is 9.84 Å². The highest BCUT2D eigenvalue weighted by Crippen LogP contribution is 2.25. The van der Waals surface area contributed by atoms with Crippen molar-refractivity contribution in [3.8, 4) is 0 Å². The van der Waals surface area contributed by atoms with Crippen LogP contribution in [0.4, 0.5) is 0 Å². The van der Waals surface area contributed by atoms with Crippen molar-refractivity contribution in [3.05, 3.63) is 0 Å². The SMILES string of the molecule is CCN(C(=O)CC(C)C1CCNCC1)C(C)CS(C)(=O)=O. The molecular formula is C15H30N2O3S. The van der Waals surface area contributed by atoms with Crippen LogP contribution in [0.5, 0.6) is 0 Å². The van der Waals surface area contributed by atoms with Crippen LogP contribution in [0.3, 0.4) is 0 Å². The number of sulfone groups is 1. The van der Waals surface area contributed by atoms with Crippen molar-refractivity contribution in [1.82, 2.24) is 10.2 Å². The standard InChI is InChI=1S/C15H30N2O3S/c1-5-17(13(3)11-21(4,19)20)15(18)10-12(2)14-6-8-16-9-7-14/h12-14,16H,5-11H2,1-4H3. The number of carbonyl (C=O) groups excluding carboxylic acids is 1. The van der Waals surface area contributed by atoms with Crippen molar-refractivity contribution in [1.29, 1.82) is 0 Å². The number of hydrogen-bond donors (Lipinski definition) is 1. The minimum absolute atomic E-state index is 0.0360. The number of carbonyl (C=O) groups is 1. The molecule has 1 N–H and O–H groups in total. The van der Waals surface area contributed by atoms with Crippen molar-refractivity contribution < 1.29 is 13.2 Å². The Kier molecular flexibility index (Phi) is 7.13. The zero-order chi connectivity index (χ0) is 16.0. The highest BCUT2D eigenvalue weighted by Gasteiger charge is 2.26. The quantitative estimate of drug-likeness (QED) is 0.768. The van der Waals surface area contributed by atoms with E-state index in [0.717, 1.165) is 25.9 Å². The Labute approximate surface area is 129 Å². The van der Waals surface area contributed by atoms with E-state index in [1.807, 2.05) is 13.8 Å². The fraction of sp³-hybridized carbons (Fsp3) is 0.933. The van der Waals surface area contributed by atoms with Crippen LogP contribution in [-0.2, 0) is 14.6 Å². The summed E-state index contributed by atoms with van der Waals surface area (Å²) in [4.78, 5) is 14.2. The third-order valence-corrected chi connectivity index (χ3v) is 5.51. The zero-order valence-corrected chi connectivity index (χ0v) is 14.6. The largest absolute Gasteiger partial charge is 0.339 e. The number of rotatable bonds is 7. The summed E-state index contributed by atoms with van der Waals surface area (Å²) in [7, 11) is -3.06. The van der Waals surface area contributed by atoms with Crippen molar-refractivity contribution in [2.24, 2.45) is 11.8 Å². The number of piperidine rings is 1. The monoisotopic (exact) mass is 318 g/mol. The van der Waals surface area contributed by atoms with Crippen LogP contribution in [0.25, 0.3) is 0 Å². The smallest absolute Gasteiger partial charge is 0.223 e. The number of hydrogen-bond acceptors (Lipinski definition) is 4. The third-order valence-electron chi connectivity index (χ3n) is 4.42. The van der Waals surface area contributed by atoms with E-state index >= 15 is 0 Å². The molecule has 5 nitrogen and oxygen atoms in total. The molecule has 0 aromatic heterocycles. The van der Waals surface area contributed by atoms with Gasteiger partial charge in [0.05, 0.1) is 5.75 Å². The molecule has 2 unspecified atom stereocenters. The molecule has 1 amide bonds. The van der Waals surface area contributed by atoms with Gasteiger partial charge in [-0.1, -0.05) is 6.92 Å². The molecule has 0 aromatic carbocycles. The molecule has 6 heteroatoms. The Morgan fingerprint density at radius 1 is 1.29 bits per heavy atom. The Balaban J connectivity index is 2.57. The summed E-state index contributed by atoms with van der Waals surface area (Å²) in [5.41, 5.74) is 0. The molecule has 1 aliphatic rings. The first-order valence-electron chi connectivity index (χ1n) is 7.92. The van der Waals surface area contributed by atoms with E-state index < -0.39 is 9.84 Å². The fourth-order valence-corrected chi connectivity index (χ4v) is 4.29. The van der Waals surface area contributed by atoms with Crippen LogP contribution < -0.4 is 5.32 Å².